The highest BCUT2D eigenvalue weighted by molar-refractivity contribution is 8.10. The largest absolute Gasteiger partial charge is 0.307 e. The molecule has 0 saturated heterocycles. The van der Waals surface area contributed by atoms with Crippen molar-refractivity contribution in [3.8, 4) is 0 Å². The number of nitrogens with one attached hydrogen (secondary N) is 1. The fourth-order valence-corrected chi connectivity index (χ4v) is 9.37. The van der Waals surface area contributed by atoms with Gasteiger partial charge in [0.15, 0.2) is 5.65 Å². The monoisotopic (exact) mass is 602 g/mol. The van der Waals surface area contributed by atoms with Crippen LogP contribution in [0.25, 0.3) is 11.0 Å². The Morgan fingerprint density at radius 2 is 1.42 bits per heavy atom. The Morgan fingerprint density at radius 1 is 0.842 bits per heavy atom. The third kappa shape index (κ3) is 6.70. The molecule has 4 rings (SSSR count). The van der Waals surface area contributed by atoms with Crippen molar-refractivity contribution in [2.75, 3.05) is 31.9 Å². The van der Waals surface area contributed by atoms with Gasteiger partial charge in [0.05, 0.1) is 28.8 Å². The standard InChI is InChI=1S/C24H32Cl2N6O4S2/c25-13-5-15-37(33,34)32(38(35,36)16-6-14-26)22-11-9-21(10-12-22)31(20-7-3-1-2-4-8-20)24-27-17-19-18-28-30-23(19)29-24/h9-12,17-18,20H,1-8,13-16H2,(H,27,28,29,30). The van der Waals surface area contributed by atoms with Crippen LogP contribution in [0.1, 0.15) is 51.4 Å². The van der Waals surface area contributed by atoms with E-state index in [1.54, 1.807) is 24.5 Å². The second-order valence-corrected chi connectivity index (χ2v) is 14.2. The summed E-state index contributed by atoms with van der Waals surface area (Å²) in [6.45, 7) is 0. The van der Waals surface area contributed by atoms with Crippen LogP contribution in [0.5, 0.6) is 0 Å². The number of hydrogen-bond donors (Lipinski definition) is 1. The lowest BCUT2D eigenvalue weighted by molar-refractivity contribution is 0.562. The number of sulfonamides is 2. The molecule has 14 heteroatoms. The van der Waals surface area contributed by atoms with Gasteiger partial charge in [-0.15, -0.1) is 23.2 Å². The summed E-state index contributed by atoms with van der Waals surface area (Å²) in [6, 6.07) is 6.62. The predicted molar refractivity (Wildman–Crippen MR) is 152 cm³/mol. The van der Waals surface area contributed by atoms with Crippen LogP contribution >= 0.6 is 23.2 Å². The average molecular weight is 604 g/mol. The van der Waals surface area contributed by atoms with Gasteiger partial charge in [-0.2, -0.15) is 13.8 Å². The highest BCUT2D eigenvalue weighted by Crippen LogP contribution is 2.34. The highest BCUT2D eigenvalue weighted by atomic mass is 35.5. The number of aromatic amines is 1. The van der Waals surface area contributed by atoms with E-state index in [0.29, 0.717) is 15.3 Å². The highest BCUT2D eigenvalue weighted by Gasteiger charge is 2.34. The van der Waals surface area contributed by atoms with Crippen LogP contribution in [0, 0.1) is 0 Å². The number of H-pyrrole nitrogens is 1. The lowest BCUT2D eigenvalue weighted by Crippen LogP contribution is -2.40. The van der Waals surface area contributed by atoms with Gasteiger partial charge in [-0.1, -0.05) is 25.7 Å². The van der Waals surface area contributed by atoms with Crippen molar-refractivity contribution < 1.29 is 16.8 Å². The van der Waals surface area contributed by atoms with E-state index in [1.165, 1.54) is 25.0 Å². The number of nitrogens with zero attached hydrogens (tertiary/aromatic N) is 5. The Bertz CT molecular complexity index is 1370. The number of anilines is 3. The van der Waals surface area contributed by atoms with Crippen molar-refractivity contribution in [1.29, 1.82) is 0 Å². The van der Waals surface area contributed by atoms with Crippen molar-refractivity contribution in [1.82, 2.24) is 20.2 Å². The van der Waals surface area contributed by atoms with Crippen LogP contribution in [0.3, 0.4) is 0 Å². The average Bonchev–Trinajstić information content (AvgIpc) is 3.21. The maximum absolute atomic E-state index is 13.1. The molecule has 0 unspecified atom stereocenters. The van der Waals surface area contributed by atoms with Crippen molar-refractivity contribution in [2.45, 2.75) is 57.4 Å². The van der Waals surface area contributed by atoms with Gasteiger partial charge in [0.1, 0.15) is 0 Å². The van der Waals surface area contributed by atoms with Gasteiger partial charge in [0, 0.05) is 29.7 Å². The zero-order valence-corrected chi connectivity index (χ0v) is 24.1. The maximum Gasteiger partial charge on any atom is 0.248 e. The van der Waals surface area contributed by atoms with Crippen LogP contribution in [-0.2, 0) is 20.0 Å². The Morgan fingerprint density at radius 3 is 2.00 bits per heavy atom. The summed E-state index contributed by atoms with van der Waals surface area (Å²) in [5, 5.41) is 7.72. The van der Waals surface area contributed by atoms with Gasteiger partial charge < -0.3 is 4.90 Å². The molecule has 38 heavy (non-hydrogen) atoms. The zero-order chi connectivity index (χ0) is 27.2. The lowest BCUT2D eigenvalue weighted by atomic mass is 10.1. The molecule has 0 amide bonds. The Kier molecular flexibility index (Phi) is 9.72. The minimum atomic E-state index is -4.19. The van der Waals surface area contributed by atoms with E-state index < -0.39 is 20.0 Å². The number of rotatable bonds is 12. The van der Waals surface area contributed by atoms with E-state index in [-0.39, 0.29) is 47.8 Å². The van der Waals surface area contributed by atoms with Crippen molar-refractivity contribution in [2.24, 2.45) is 0 Å². The summed E-state index contributed by atoms with van der Waals surface area (Å²) in [6.07, 6.45) is 10.0. The Labute approximate surface area is 233 Å². The van der Waals surface area contributed by atoms with Crippen molar-refractivity contribution in [3.63, 3.8) is 0 Å². The van der Waals surface area contributed by atoms with Crippen LogP contribution in [0.2, 0.25) is 0 Å². The lowest BCUT2D eigenvalue weighted by Gasteiger charge is -2.32. The smallest absolute Gasteiger partial charge is 0.248 e. The molecule has 0 atom stereocenters. The fourth-order valence-electron chi connectivity index (χ4n) is 4.72. The van der Waals surface area contributed by atoms with E-state index in [1.807, 2.05) is 0 Å². The normalized spacial score (nSPS) is 15.4. The van der Waals surface area contributed by atoms with Gasteiger partial charge in [-0.05, 0) is 49.9 Å². The number of aromatic nitrogens is 4. The van der Waals surface area contributed by atoms with Crippen molar-refractivity contribution >= 4 is 71.6 Å². The van der Waals surface area contributed by atoms with Crippen LogP contribution in [0.15, 0.2) is 36.7 Å². The van der Waals surface area contributed by atoms with Crippen LogP contribution < -0.4 is 8.61 Å². The SMILES string of the molecule is O=S(=O)(CCCCl)N(c1ccc(N(c2ncc3cn[nH]c3n2)C2CCCCCC2)cc1)S(=O)(=O)CCCCl. The number of halogens is 2. The molecule has 0 aliphatic heterocycles. The molecule has 0 bridgehead atoms. The topological polar surface area (TPSA) is 129 Å². The first-order valence-corrected chi connectivity index (χ1v) is 17.0. The van der Waals surface area contributed by atoms with E-state index in [9.17, 15) is 16.8 Å². The maximum atomic E-state index is 13.1. The molecule has 0 spiro atoms. The summed E-state index contributed by atoms with van der Waals surface area (Å²) < 4.78 is 53.1. The minimum absolute atomic E-state index is 0.0450. The summed E-state index contributed by atoms with van der Waals surface area (Å²) in [4.78, 5) is 11.3. The zero-order valence-electron chi connectivity index (χ0n) is 21.0. The molecule has 208 valence electrons. The molecular weight excluding hydrogens is 571 g/mol. The minimum Gasteiger partial charge on any atom is -0.307 e. The first-order chi connectivity index (χ1) is 18.3. The molecular formula is C24H32Cl2N6O4S2. The quantitative estimate of drug-likeness (QED) is 0.228. The van der Waals surface area contributed by atoms with Crippen molar-refractivity contribution in [3.05, 3.63) is 36.7 Å². The van der Waals surface area contributed by atoms with Crippen LogP contribution in [0.4, 0.5) is 17.3 Å². The molecule has 0 radical (unpaired) electrons. The second-order valence-electron chi connectivity index (χ2n) is 9.29. The van der Waals surface area contributed by atoms with Gasteiger partial charge in [0.2, 0.25) is 26.0 Å². The summed E-state index contributed by atoms with van der Waals surface area (Å²) in [5.41, 5.74) is 1.41. The summed E-state index contributed by atoms with van der Waals surface area (Å²) in [5.74, 6) is -0.0623. The molecule has 2 aromatic heterocycles. The predicted octanol–water partition coefficient (Wildman–Crippen LogP) is 4.94. The van der Waals surface area contributed by atoms with Gasteiger partial charge in [0.25, 0.3) is 0 Å². The Hall–Kier alpha value is -2.15. The van der Waals surface area contributed by atoms with Crippen LogP contribution in [-0.4, -0.2) is 66.3 Å². The third-order valence-electron chi connectivity index (χ3n) is 6.50. The number of benzene rings is 1. The molecule has 1 aliphatic carbocycles. The number of alkyl halides is 2. The third-order valence-corrected chi connectivity index (χ3v) is 11.4. The van der Waals surface area contributed by atoms with E-state index in [2.05, 4.69) is 20.1 Å². The molecule has 1 N–H and O–H groups in total. The first-order valence-electron chi connectivity index (χ1n) is 12.7. The summed E-state index contributed by atoms with van der Waals surface area (Å²) in [7, 11) is -8.37. The molecule has 3 aromatic rings. The second kappa shape index (κ2) is 12.8. The van der Waals surface area contributed by atoms with Gasteiger partial charge >= 0.3 is 0 Å². The Balaban J connectivity index is 1.74. The first kappa shape index (κ1) is 28.8. The fraction of sp³-hybridized carbons (Fsp3) is 0.542. The molecule has 1 fully saturated rings. The molecule has 1 saturated carbocycles. The number of hydrogen-bond acceptors (Lipinski definition) is 8. The summed E-state index contributed by atoms with van der Waals surface area (Å²) >= 11 is 11.4. The number of fused-ring (bicyclic) bond motifs is 1. The molecule has 10 nitrogen and oxygen atoms in total. The van der Waals surface area contributed by atoms with Gasteiger partial charge in [-0.3, -0.25) is 5.10 Å². The molecule has 1 aliphatic rings. The van der Waals surface area contributed by atoms with E-state index >= 15 is 0 Å². The van der Waals surface area contributed by atoms with E-state index in [4.69, 9.17) is 28.2 Å². The van der Waals surface area contributed by atoms with Gasteiger partial charge in [-0.25, -0.2) is 21.8 Å². The molecule has 1 aromatic carbocycles. The van der Waals surface area contributed by atoms with E-state index in [0.717, 1.165) is 36.8 Å². The molecule has 2 heterocycles.